The van der Waals surface area contributed by atoms with Crippen LogP contribution in [0.5, 0.6) is 0 Å². The van der Waals surface area contributed by atoms with Crippen molar-refractivity contribution in [1.29, 1.82) is 0 Å². The molecule has 0 heterocycles. The van der Waals surface area contributed by atoms with Crippen molar-refractivity contribution in [2.45, 2.75) is 118 Å². The molecule has 0 aromatic rings. The van der Waals surface area contributed by atoms with Crippen LogP contribution in [0.1, 0.15) is 112 Å². The zero-order valence-electron chi connectivity index (χ0n) is 21.2. The molecular weight excluding hydrogens is 380 g/mol. The van der Waals surface area contributed by atoms with Crippen LogP contribution in [0.3, 0.4) is 0 Å². The van der Waals surface area contributed by atoms with Crippen LogP contribution in [0, 0.1) is 46.3 Å². The van der Waals surface area contributed by atoms with Crippen molar-refractivity contribution in [1.82, 2.24) is 0 Å². The highest BCUT2D eigenvalue weighted by molar-refractivity contribution is 5.66. The van der Waals surface area contributed by atoms with E-state index in [-0.39, 0.29) is 12.1 Å². The number of ether oxygens (including phenoxy) is 1. The van der Waals surface area contributed by atoms with Gasteiger partial charge in [-0.2, -0.15) is 0 Å². The van der Waals surface area contributed by atoms with E-state index in [1.165, 1.54) is 57.8 Å². The molecule has 0 aliphatic heterocycles. The van der Waals surface area contributed by atoms with Gasteiger partial charge >= 0.3 is 5.97 Å². The van der Waals surface area contributed by atoms with Gasteiger partial charge in [0.05, 0.1) is 0 Å². The summed E-state index contributed by atoms with van der Waals surface area (Å²) < 4.78 is 5.61. The van der Waals surface area contributed by atoms with Crippen molar-refractivity contribution in [3.63, 3.8) is 0 Å². The molecule has 176 valence electrons. The van der Waals surface area contributed by atoms with Crippen molar-refractivity contribution in [2.75, 3.05) is 0 Å². The number of hydrogen-bond acceptors (Lipinski definition) is 2. The standard InChI is InChI=1S/C29H48O2/c1-19(2)8-7-9-20(3)25-12-13-26-24-11-10-22-18-23(31-21(4)30)14-16-28(22,5)27(24)15-17-29(25,26)6/h10,19-20,23-27H,7-9,11-18H2,1-6H3/t20?,23?,24-,25+,26?,27?,28-,29+/m0/s1. The van der Waals surface area contributed by atoms with E-state index in [0.29, 0.717) is 10.8 Å². The fourth-order valence-corrected chi connectivity index (χ4v) is 8.99. The van der Waals surface area contributed by atoms with Gasteiger partial charge in [-0.15, -0.1) is 0 Å². The summed E-state index contributed by atoms with van der Waals surface area (Å²) in [5.74, 6) is 5.19. The van der Waals surface area contributed by atoms with Gasteiger partial charge in [-0.3, -0.25) is 4.79 Å². The normalized spacial score (nSPS) is 42.9. The Morgan fingerprint density at radius 1 is 1.06 bits per heavy atom. The van der Waals surface area contributed by atoms with E-state index in [2.05, 4.69) is 40.7 Å². The van der Waals surface area contributed by atoms with Gasteiger partial charge in [-0.05, 0) is 91.3 Å². The molecular formula is C29H48O2. The van der Waals surface area contributed by atoms with Crippen LogP contribution in [0.2, 0.25) is 0 Å². The molecule has 0 aromatic carbocycles. The first-order valence-electron chi connectivity index (χ1n) is 13.5. The fraction of sp³-hybridized carbons (Fsp3) is 0.897. The largest absolute Gasteiger partial charge is 0.462 e. The highest BCUT2D eigenvalue weighted by Gasteiger charge is 2.59. The van der Waals surface area contributed by atoms with Crippen LogP contribution in [0.25, 0.3) is 0 Å². The molecule has 8 atom stereocenters. The summed E-state index contributed by atoms with van der Waals surface area (Å²) in [7, 11) is 0. The molecule has 3 fully saturated rings. The lowest BCUT2D eigenvalue weighted by atomic mass is 9.47. The SMILES string of the molecule is CC(=O)OC1CC[C@@]2(C)C(=CC[C@@H]3C2CC[C@@]2(C)C3CC[C@@H]2C(C)CCCC(C)C)C1. The average Bonchev–Trinajstić information content (AvgIpc) is 3.05. The van der Waals surface area contributed by atoms with Crippen molar-refractivity contribution < 1.29 is 9.53 Å². The molecule has 2 nitrogen and oxygen atoms in total. The molecule has 0 spiro atoms. The quantitative estimate of drug-likeness (QED) is 0.317. The molecule has 0 radical (unpaired) electrons. The lowest BCUT2D eigenvalue weighted by molar-refractivity contribution is -0.148. The summed E-state index contributed by atoms with van der Waals surface area (Å²) in [5, 5.41) is 0. The Kier molecular flexibility index (Phi) is 6.68. The Bertz CT molecular complexity index is 693. The number of hydrogen-bond donors (Lipinski definition) is 0. The molecule has 31 heavy (non-hydrogen) atoms. The monoisotopic (exact) mass is 428 g/mol. The number of allylic oxidation sites excluding steroid dienone is 1. The molecule has 0 aromatic heterocycles. The average molecular weight is 429 g/mol. The lowest BCUT2D eigenvalue weighted by Gasteiger charge is -2.58. The molecule has 0 saturated heterocycles. The first-order valence-corrected chi connectivity index (χ1v) is 13.5. The second kappa shape index (κ2) is 8.86. The second-order valence-corrected chi connectivity index (χ2v) is 12.8. The fourth-order valence-electron chi connectivity index (χ4n) is 8.99. The summed E-state index contributed by atoms with van der Waals surface area (Å²) in [6.45, 7) is 14.1. The Labute approximate surface area is 192 Å². The molecule has 4 unspecified atom stereocenters. The zero-order valence-corrected chi connectivity index (χ0v) is 21.2. The Morgan fingerprint density at radius 2 is 1.84 bits per heavy atom. The summed E-state index contributed by atoms with van der Waals surface area (Å²) in [5.41, 5.74) is 2.53. The highest BCUT2D eigenvalue weighted by atomic mass is 16.5. The highest BCUT2D eigenvalue weighted by Crippen LogP contribution is 2.67. The van der Waals surface area contributed by atoms with Crippen LogP contribution in [-0.2, 0) is 9.53 Å². The Hall–Kier alpha value is -0.790. The third-order valence-electron chi connectivity index (χ3n) is 10.6. The maximum Gasteiger partial charge on any atom is 0.302 e. The van der Waals surface area contributed by atoms with Crippen molar-refractivity contribution in [3.8, 4) is 0 Å². The topological polar surface area (TPSA) is 26.3 Å². The van der Waals surface area contributed by atoms with Crippen LogP contribution in [0.15, 0.2) is 11.6 Å². The summed E-state index contributed by atoms with van der Waals surface area (Å²) in [6, 6.07) is 0. The van der Waals surface area contributed by atoms with E-state index in [1.807, 2.05) is 0 Å². The number of carbonyl (C=O) groups is 1. The summed E-state index contributed by atoms with van der Waals surface area (Å²) in [4.78, 5) is 11.5. The maximum atomic E-state index is 11.5. The van der Waals surface area contributed by atoms with Crippen molar-refractivity contribution in [2.24, 2.45) is 46.3 Å². The van der Waals surface area contributed by atoms with Crippen LogP contribution in [-0.4, -0.2) is 12.1 Å². The van der Waals surface area contributed by atoms with Crippen LogP contribution < -0.4 is 0 Å². The Morgan fingerprint density at radius 3 is 2.55 bits per heavy atom. The van der Waals surface area contributed by atoms with Gasteiger partial charge in [0.25, 0.3) is 0 Å². The van der Waals surface area contributed by atoms with E-state index < -0.39 is 0 Å². The molecule has 0 amide bonds. The number of rotatable bonds is 6. The van der Waals surface area contributed by atoms with E-state index >= 15 is 0 Å². The minimum Gasteiger partial charge on any atom is -0.462 e. The first kappa shape index (κ1) is 23.4. The second-order valence-electron chi connectivity index (χ2n) is 12.8. The van der Waals surface area contributed by atoms with Crippen LogP contribution in [0.4, 0.5) is 0 Å². The van der Waals surface area contributed by atoms with Gasteiger partial charge < -0.3 is 4.74 Å². The number of esters is 1. The predicted octanol–water partition coefficient (Wildman–Crippen LogP) is 7.96. The van der Waals surface area contributed by atoms with Crippen molar-refractivity contribution in [3.05, 3.63) is 11.6 Å². The number of carbonyl (C=O) groups excluding carboxylic acids is 1. The maximum absolute atomic E-state index is 11.5. The third kappa shape index (κ3) is 4.26. The first-order chi connectivity index (χ1) is 14.6. The smallest absolute Gasteiger partial charge is 0.302 e. The minimum atomic E-state index is -0.115. The molecule has 0 bridgehead atoms. The van der Waals surface area contributed by atoms with Gasteiger partial charge in [0.1, 0.15) is 6.10 Å². The molecule has 4 aliphatic carbocycles. The Balaban J connectivity index is 1.47. The molecule has 4 rings (SSSR count). The van der Waals surface area contributed by atoms with Gasteiger partial charge in [-0.1, -0.05) is 65.5 Å². The summed E-state index contributed by atoms with van der Waals surface area (Å²) >= 11 is 0. The van der Waals surface area contributed by atoms with E-state index in [0.717, 1.165) is 48.3 Å². The van der Waals surface area contributed by atoms with Gasteiger partial charge in [0, 0.05) is 13.3 Å². The van der Waals surface area contributed by atoms with E-state index in [9.17, 15) is 4.79 Å². The van der Waals surface area contributed by atoms with Crippen LogP contribution >= 0.6 is 0 Å². The molecule has 2 heteroatoms. The predicted molar refractivity (Wildman–Crippen MR) is 129 cm³/mol. The number of fused-ring (bicyclic) bond motifs is 5. The molecule has 0 N–H and O–H groups in total. The third-order valence-corrected chi connectivity index (χ3v) is 10.6. The zero-order chi connectivity index (χ0) is 22.4. The van der Waals surface area contributed by atoms with Gasteiger partial charge in [0.15, 0.2) is 0 Å². The summed E-state index contributed by atoms with van der Waals surface area (Å²) in [6.07, 6.45) is 17.2. The van der Waals surface area contributed by atoms with E-state index in [1.54, 1.807) is 12.5 Å². The molecule has 4 aliphatic rings. The minimum absolute atomic E-state index is 0.115. The lowest BCUT2D eigenvalue weighted by Crippen LogP contribution is -2.51. The van der Waals surface area contributed by atoms with Gasteiger partial charge in [-0.25, -0.2) is 0 Å². The van der Waals surface area contributed by atoms with Crippen molar-refractivity contribution >= 4 is 5.97 Å². The van der Waals surface area contributed by atoms with E-state index in [4.69, 9.17) is 4.74 Å². The van der Waals surface area contributed by atoms with Gasteiger partial charge in [0.2, 0.25) is 0 Å². The molecule has 3 saturated carbocycles.